The van der Waals surface area contributed by atoms with Crippen molar-refractivity contribution in [3.05, 3.63) is 30.5 Å². The number of nitrogens with one attached hydrogen (secondary N) is 2. The van der Waals surface area contributed by atoms with E-state index in [0.29, 0.717) is 6.61 Å². The number of carbonyl (C=O) groups excluding carboxylic acids is 1. The van der Waals surface area contributed by atoms with E-state index in [1.54, 1.807) is 7.11 Å². The third-order valence-corrected chi connectivity index (χ3v) is 4.29. The van der Waals surface area contributed by atoms with Gasteiger partial charge in [-0.2, -0.15) is 0 Å². The molecule has 2 aromatic rings. The van der Waals surface area contributed by atoms with Crippen LogP contribution in [-0.2, 0) is 16.1 Å². The van der Waals surface area contributed by atoms with Gasteiger partial charge < -0.3 is 19.9 Å². The molecule has 1 saturated heterocycles. The maximum absolute atomic E-state index is 12.3. The molecule has 1 aromatic carbocycles. The van der Waals surface area contributed by atoms with E-state index < -0.39 is 0 Å². The van der Waals surface area contributed by atoms with Crippen LogP contribution in [0.4, 0.5) is 5.69 Å². The fourth-order valence-electron chi connectivity index (χ4n) is 2.97. The van der Waals surface area contributed by atoms with Crippen LogP contribution in [0, 0.1) is 5.92 Å². The normalized spacial score (nSPS) is 15.3. The molecular formula is C17H24ClN3O2. The maximum atomic E-state index is 12.3. The molecule has 1 aromatic heterocycles. The maximum Gasteiger partial charge on any atom is 0.227 e. The fourth-order valence-corrected chi connectivity index (χ4v) is 2.97. The van der Waals surface area contributed by atoms with Crippen molar-refractivity contribution >= 4 is 34.9 Å². The Balaban J connectivity index is 0.00000192. The van der Waals surface area contributed by atoms with Crippen molar-refractivity contribution in [1.29, 1.82) is 0 Å². The average Bonchev–Trinajstić information content (AvgIpc) is 2.96. The number of methoxy groups -OCH3 is 1. The molecule has 3 rings (SSSR count). The lowest BCUT2D eigenvalue weighted by molar-refractivity contribution is -0.120. The SMILES string of the molecule is COCCn1ccc2ccc(NC(=O)C3CCNCC3)cc21.Cl. The van der Waals surface area contributed by atoms with Crippen molar-refractivity contribution in [3.8, 4) is 0 Å². The molecule has 6 heteroatoms. The monoisotopic (exact) mass is 337 g/mol. The summed E-state index contributed by atoms with van der Waals surface area (Å²) in [7, 11) is 1.70. The molecule has 23 heavy (non-hydrogen) atoms. The van der Waals surface area contributed by atoms with Gasteiger partial charge in [0.2, 0.25) is 5.91 Å². The predicted octanol–water partition coefficient (Wildman–Crippen LogP) is 2.65. The molecule has 0 spiro atoms. The van der Waals surface area contributed by atoms with Gasteiger partial charge in [-0.1, -0.05) is 6.07 Å². The van der Waals surface area contributed by atoms with Gasteiger partial charge in [-0.25, -0.2) is 0 Å². The lowest BCUT2D eigenvalue weighted by Gasteiger charge is -2.21. The van der Waals surface area contributed by atoms with Crippen LogP contribution in [0.2, 0.25) is 0 Å². The van der Waals surface area contributed by atoms with Gasteiger partial charge in [-0.05, 0) is 49.5 Å². The smallest absolute Gasteiger partial charge is 0.227 e. The minimum atomic E-state index is 0. The Labute approximate surface area is 142 Å². The van der Waals surface area contributed by atoms with Crippen molar-refractivity contribution in [1.82, 2.24) is 9.88 Å². The zero-order chi connectivity index (χ0) is 15.4. The molecule has 0 bridgehead atoms. The number of benzene rings is 1. The molecule has 1 amide bonds. The average molecular weight is 338 g/mol. The van der Waals surface area contributed by atoms with E-state index in [1.165, 1.54) is 5.39 Å². The minimum absolute atomic E-state index is 0. The van der Waals surface area contributed by atoms with Crippen molar-refractivity contribution in [2.45, 2.75) is 19.4 Å². The molecule has 0 aliphatic carbocycles. The van der Waals surface area contributed by atoms with Crippen LogP contribution in [0.15, 0.2) is 30.5 Å². The van der Waals surface area contributed by atoms with Gasteiger partial charge in [0, 0.05) is 31.5 Å². The van der Waals surface area contributed by atoms with E-state index in [0.717, 1.165) is 43.7 Å². The van der Waals surface area contributed by atoms with E-state index in [2.05, 4.69) is 33.5 Å². The van der Waals surface area contributed by atoms with Gasteiger partial charge in [-0.15, -0.1) is 12.4 Å². The summed E-state index contributed by atoms with van der Waals surface area (Å²) in [6.07, 6.45) is 3.89. The quantitative estimate of drug-likeness (QED) is 0.882. The number of halogens is 1. The van der Waals surface area contributed by atoms with Crippen molar-refractivity contribution in [2.75, 3.05) is 32.1 Å². The Morgan fingerprint density at radius 3 is 2.87 bits per heavy atom. The highest BCUT2D eigenvalue weighted by Gasteiger charge is 2.20. The lowest BCUT2D eigenvalue weighted by atomic mass is 9.97. The van der Waals surface area contributed by atoms with E-state index in [-0.39, 0.29) is 24.2 Å². The molecule has 2 N–H and O–H groups in total. The Hall–Kier alpha value is -1.56. The number of hydrogen-bond donors (Lipinski definition) is 2. The number of anilines is 1. The van der Waals surface area contributed by atoms with Gasteiger partial charge in [-0.3, -0.25) is 4.79 Å². The summed E-state index contributed by atoms with van der Waals surface area (Å²) in [5.74, 6) is 0.257. The van der Waals surface area contributed by atoms with E-state index in [1.807, 2.05) is 12.1 Å². The zero-order valence-electron chi connectivity index (χ0n) is 13.4. The molecule has 0 radical (unpaired) electrons. The highest BCUT2D eigenvalue weighted by atomic mass is 35.5. The lowest BCUT2D eigenvalue weighted by Crippen LogP contribution is -2.34. The number of rotatable bonds is 5. The number of piperidine rings is 1. The largest absolute Gasteiger partial charge is 0.383 e. The second-order valence-electron chi connectivity index (χ2n) is 5.79. The predicted molar refractivity (Wildman–Crippen MR) is 95.3 cm³/mol. The molecule has 0 atom stereocenters. The fraction of sp³-hybridized carbons (Fsp3) is 0.471. The Morgan fingerprint density at radius 1 is 1.35 bits per heavy atom. The summed E-state index contributed by atoms with van der Waals surface area (Å²) < 4.78 is 7.29. The van der Waals surface area contributed by atoms with Crippen molar-refractivity contribution in [3.63, 3.8) is 0 Å². The molecule has 1 fully saturated rings. The number of carbonyl (C=O) groups is 1. The topological polar surface area (TPSA) is 55.3 Å². The first-order chi connectivity index (χ1) is 10.8. The van der Waals surface area contributed by atoms with Crippen LogP contribution in [0.5, 0.6) is 0 Å². The van der Waals surface area contributed by atoms with Crippen LogP contribution in [0.25, 0.3) is 10.9 Å². The van der Waals surface area contributed by atoms with Crippen LogP contribution >= 0.6 is 12.4 Å². The molecule has 126 valence electrons. The molecule has 0 saturated carbocycles. The summed E-state index contributed by atoms with van der Waals surface area (Å²) in [6.45, 7) is 3.34. The van der Waals surface area contributed by atoms with Gasteiger partial charge in [0.25, 0.3) is 0 Å². The molecule has 1 aliphatic heterocycles. The number of aromatic nitrogens is 1. The summed E-state index contributed by atoms with van der Waals surface area (Å²) in [6, 6.07) is 8.16. The van der Waals surface area contributed by atoms with Crippen LogP contribution in [0.1, 0.15) is 12.8 Å². The second-order valence-corrected chi connectivity index (χ2v) is 5.79. The highest BCUT2D eigenvalue weighted by molar-refractivity contribution is 5.95. The highest BCUT2D eigenvalue weighted by Crippen LogP contribution is 2.22. The Morgan fingerprint density at radius 2 is 2.13 bits per heavy atom. The third-order valence-electron chi connectivity index (χ3n) is 4.29. The first-order valence-corrected chi connectivity index (χ1v) is 7.87. The Kier molecular flexibility index (Phi) is 6.45. The summed E-state index contributed by atoms with van der Waals surface area (Å²) in [5, 5.41) is 7.53. The first-order valence-electron chi connectivity index (χ1n) is 7.87. The van der Waals surface area contributed by atoms with E-state index >= 15 is 0 Å². The number of fused-ring (bicyclic) bond motifs is 1. The number of amides is 1. The standard InChI is InChI=1S/C17H23N3O2.ClH/c1-22-11-10-20-9-6-13-2-3-15(12-16(13)20)19-17(21)14-4-7-18-8-5-14;/h2-3,6,9,12,14,18H,4-5,7-8,10-11H2,1H3,(H,19,21);1H. The van der Waals surface area contributed by atoms with Gasteiger partial charge in [0.05, 0.1) is 12.1 Å². The van der Waals surface area contributed by atoms with Crippen LogP contribution < -0.4 is 10.6 Å². The molecule has 5 nitrogen and oxygen atoms in total. The van der Waals surface area contributed by atoms with Gasteiger partial charge in [0.1, 0.15) is 0 Å². The zero-order valence-corrected chi connectivity index (χ0v) is 14.2. The first kappa shape index (κ1) is 17.8. The van der Waals surface area contributed by atoms with Crippen LogP contribution in [-0.4, -0.2) is 37.3 Å². The van der Waals surface area contributed by atoms with Crippen molar-refractivity contribution in [2.24, 2.45) is 5.92 Å². The van der Waals surface area contributed by atoms with Crippen LogP contribution in [0.3, 0.4) is 0 Å². The van der Waals surface area contributed by atoms with Crippen molar-refractivity contribution < 1.29 is 9.53 Å². The molecule has 1 aliphatic rings. The second kappa shape index (κ2) is 8.34. The third kappa shape index (κ3) is 4.25. The molecular weight excluding hydrogens is 314 g/mol. The number of hydrogen-bond acceptors (Lipinski definition) is 3. The van der Waals surface area contributed by atoms with E-state index in [4.69, 9.17) is 4.74 Å². The minimum Gasteiger partial charge on any atom is -0.383 e. The molecule has 2 heterocycles. The summed E-state index contributed by atoms with van der Waals surface area (Å²) in [5.41, 5.74) is 1.99. The summed E-state index contributed by atoms with van der Waals surface area (Å²) in [4.78, 5) is 12.3. The van der Waals surface area contributed by atoms with Gasteiger partial charge >= 0.3 is 0 Å². The Bertz CT molecular complexity index is 650. The molecule has 0 unspecified atom stereocenters. The van der Waals surface area contributed by atoms with E-state index in [9.17, 15) is 4.79 Å². The van der Waals surface area contributed by atoms with Gasteiger partial charge in [0.15, 0.2) is 0 Å². The number of nitrogens with zero attached hydrogens (tertiary/aromatic N) is 1. The summed E-state index contributed by atoms with van der Waals surface area (Å²) >= 11 is 0. The number of ether oxygens (including phenoxy) is 1.